The third-order valence-electron chi connectivity index (χ3n) is 4.55. The Morgan fingerprint density at radius 1 is 0.595 bits per heavy atom. The van der Waals surface area contributed by atoms with Gasteiger partial charge in [-0.2, -0.15) is 0 Å². The van der Waals surface area contributed by atoms with Crippen LogP contribution in [0, 0.1) is 40.5 Å². The molecule has 0 aliphatic heterocycles. The zero-order valence-electron chi connectivity index (χ0n) is 18.2. The van der Waals surface area contributed by atoms with E-state index in [1.165, 1.54) is 24.3 Å². The smallest absolute Gasteiger partial charge is 0.867 e. The molecule has 0 N–H and O–H groups in total. The summed E-state index contributed by atoms with van der Waals surface area (Å²) in [4.78, 5) is 48.3. The van der Waals surface area contributed by atoms with Crippen LogP contribution in [0.2, 0.25) is 0 Å². The van der Waals surface area contributed by atoms with E-state index >= 15 is 0 Å². The molecule has 0 aliphatic rings. The first-order valence-electron chi connectivity index (χ1n) is 9.44. The van der Waals surface area contributed by atoms with Gasteiger partial charge < -0.3 is 10.2 Å². The topological polar surface area (TPSA) is 243 Å². The van der Waals surface area contributed by atoms with Crippen LogP contribution >= 0.6 is 0 Å². The Bertz CT molecular complexity index is 1380. The average molecular weight is 560 g/mol. The van der Waals surface area contributed by atoms with Crippen LogP contribution in [0.1, 0.15) is 11.1 Å². The molecule has 0 aliphatic carbocycles. The van der Waals surface area contributed by atoms with Crippen molar-refractivity contribution in [3.05, 3.63) is 100 Å². The van der Waals surface area contributed by atoms with Gasteiger partial charge in [-0.05, 0) is 34.8 Å². The first-order valence-corrected chi connectivity index (χ1v) is 9.44. The van der Waals surface area contributed by atoms with Gasteiger partial charge >= 0.3 is 19.5 Å². The van der Waals surface area contributed by atoms with E-state index in [9.17, 15) is 50.7 Å². The number of nitrogens with zero attached hydrogens (tertiary/aromatic N) is 6. The number of non-ortho nitro benzene ring substituents is 2. The quantitative estimate of drug-likeness (QED) is 0.169. The van der Waals surface area contributed by atoms with Crippen LogP contribution in [0.4, 0.5) is 34.1 Å². The Balaban J connectivity index is 0.00000481. The molecular weight excluding hydrogens is 550 g/mol. The summed E-state index contributed by atoms with van der Waals surface area (Å²) in [5, 5.41) is 68.8. The van der Waals surface area contributed by atoms with Gasteiger partial charge in [-0.1, -0.05) is 12.1 Å². The molecule has 17 heteroatoms. The Kier molecular flexibility index (Phi) is 8.72. The first-order chi connectivity index (χ1) is 17.0. The third-order valence-corrected chi connectivity index (χ3v) is 4.55. The fourth-order valence-electron chi connectivity index (χ4n) is 2.87. The molecule has 3 rings (SSSR count). The minimum absolute atomic E-state index is 0. The maximum absolute atomic E-state index is 12.3. The molecule has 0 atom stereocenters. The van der Waals surface area contributed by atoms with Gasteiger partial charge in [0.1, 0.15) is 0 Å². The molecule has 0 bridgehead atoms. The van der Waals surface area contributed by atoms with Gasteiger partial charge in [-0.3, -0.25) is 50.4 Å². The summed E-state index contributed by atoms with van der Waals surface area (Å²) in [6.45, 7) is 0. The minimum atomic E-state index is -1.12. The second-order valence-electron chi connectivity index (χ2n) is 6.80. The monoisotopic (exact) mass is 558 g/mol. The SMILES string of the molecule is O=[N+]([O-])c1cc(C=Nc2ccccc2N=Cc2cc([N+](=O)[O-])cc([N+](=O)[O-])c2[O-])c([O-])c([N+](=O)[O-])c1.[Zn+2]. The Morgan fingerprint density at radius 2 is 0.946 bits per heavy atom. The summed E-state index contributed by atoms with van der Waals surface area (Å²) in [5.41, 5.74) is -4.28. The van der Waals surface area contributed by atoms with Crippen LogP contribution in [0.3, 0.4) is 0 Å². The summed E-state index contributed by atoms with van der Waals surface area (Å²) in [5.74, 6) is -2.23. The van der Waals surface area contributed by atoms with Crippen molar-refractivity contribution < 1.29 is 49.4 Å². The van der Waals surface area contributed by atoms with Gasteiger partial charge in [0, 0.05) is 24.6 Å². The maximum Gasteiger partial charge on any atom is 2.00 e. The van der Waals surface area contributed by atoms with Gasteiger partial charge in [0.05, 0.1) is 43.2 Å². The Hall–Kier alpha value is -5.18. The van der Waals surface area contributed by atoms with Gasteiger partial charge in [0.15, 0.2) is 0 Å². The van der Waals surface area contributed by atoms with Crippen LogP contribution < -0.4 is 10.2 Å². The molecule has 0 unspecified atom stereocenters. The number of nitro groups is 4. The van der Waals surface area contributed by atoms with Crippen LogP contribution in [-0.2, 0) is 19.5 Å². The van der Waals surface area contributed by atoms with E-state index in [4.69, 9.17) is 0 Å². The molecule has 182 valence electrons. The molecule has 0 saturated carbocycles. The molecule has 0 saturated heterocycles. The number of para-hydroxylation sites is 2. The van der Waals surface area contributed by atoms with Gasteiger partial charge in [0.25, 0.3) is 22.7 Å². The minimum Gasteiger partial charge on any atom is -0.867 e. The van der Waals surface area contributed by atoms with Crippen LogP contribution in [0.25, 0.3) is 0 Å². The Morgan fingerprint density at radius 3 is 1.24 bits per heavy atom. The first kappa shape index (κ1) is 28.1. The summed E-state index contributed by atoms with van der Waals surface area (Å²) in [6.07, 6.45) is 1.71. The van der Waals surface area contributed by atoms with Crippen molar-refractivity contribution >= 4 is 46.6 Å². The second kappa shape index (κ2) is 11.5. The number of aliphatic imine (C=N–C) groups is 2. The molecule has 0 radical (unpaired) electrons. The van der Waals surface area contributed by atoms with Crippen molar-refractivity contribution in [1.29, 1.82) is 0 Å². The van der Waals surface area contributed by atoms with E-state index in [0.717, 1.165) is 24.6 Å². The van der Waals surface area contributed by atoms with E-state index in [0.29, 0.717) is 12.1 Å². The summed E-state index contributed by atoms with van der Waals surface area (Å²) in [6, 6.07) is 8.41. The molecule has 0 spiro atoms. The van der Waals surface area contributed by atoms with Gasteiger partial charge in [-0.25, -0.2) is 0 Å². The number of benzene rings is 3. The standard InChI is InChI=1S/C20H12N6O10.Zn/c27-19-11(5-13(23(29)30)7-17(19)25(33)34)9-21-15-3-1-2-4-16(15)22-10-12-6-14(24(31)32)8-18(20(12)28)26(35)36;/h1-10,27-28H;/q;+2/p-2. The number of nitro benzene ring substituents is 4. The maximum atomic E-state index is 12.3. The average Bonchev–Trinajstić information content (AvgIpc) is 2.82. The fourth-order valence-corrected chi connectivity index (χ4v) is 2.87. The molecule has 0 aromatic heterocycles. The summed E-state index contributed by atoms with van der Waals surface area (Å²) in [7, 11) is 0. The van der Waals surface area contributed by atoms with Crippen molar-refractivity contribution in [1.82, 2.24) is 0 Å². The van der Waals surface area contributed by atoms with Crippen molar-refractivity contribution in [2.75, 3.05) is 0 Å². The molecule has 37 heavy (non-hydrogen) atoms. The zero-order chi connectivity index (χ0) is 26.6. The van der Waals surface area contributed by atoms with Crippen LogP contribution in [-0.4, -0.2) is 32.1 Å². The normalized spacial score (nSPS) is 10.8. The third kappa shape index (κ3) is 6.29. The van der Waals surface area contributed by atoms with Crippen LogP contribution in [0.5, 0.6) is 11.5 Å². The van der Waals surface area contributed by atoms with Gasteiger partial charge in [0.2, 0.25) is 0 Å². The van der Waals surface area contributed by atoms with Crippen molar-refractivity contribution in [2.45, 2.75) is 0 Å². The Labute approximate surface area is 217 Å². The van der Waals surface area contributed by atoms with E-state index in [1.54, 1.807) is 0 Å². The van der Waals surface area contributed by atoms with E-state index in [-0.39, 0.29) is 30.9 Å². The number of rotatable bonds is 8. The fraction of sp³-hybridized carbons (Fsp3) is 0. The predicted molar refractivity (Wildman–Crippen MR) is 119 cm³/mol. The summed E-state index contributed by atoms with van der Waals surface area (Å²) < 4.78 is 0. The number of hydrogen-bond acceptors (Lipinski definition) is 12. The van der Waals surface area contributed by atoms with E-state index in [1.807, 2.05) is 0 Å². The molecule has 3 aromatic carbocycles. The summed E-state index contributed by atoms with van der Waals surface area (Å²) >= 11 is 0. The van der Waals surface area contributed by atoms with Crippen molar-refractivity contribution in [3.63, 3.8) is 0 Å². The van der Waals surface area contributed by atoms with Gasteiger partial charge in [-0.15, -0.1) is 0 Å². The predicted octanol–water partition coefficient (Wildman–Crippen LogP) is 2.97. The van der Waals surface area contributed by atoms with E-state index in [2.05, 4.69) is 9.98 Å². The molecular formula is C20H10N6O10Zn. The zero-order valence-corrected chi connectivity index (χ0v) is 21.2. The largest absolute Gasteiger partial charge is 2.00 e. The second-order valence-corrected chi connectivity index (χ2v) is 6.80. The molecule has 0 fully saturated rings. The van der Waals surface area contributed by atoms with Crippen molar-refractivity contribution in [3.8, 4) is 11.5 Å². The molecule has 3 aromatic rings. The number of hydrogen-bond donors (Lipinski definition) is 0. The van der Waals surface area contributed by atoms with Crippen molar-refractivity contribution in [2.24, 2.45) is 9.98 Å². The molecule has 16 nitrogen and oxygen atoms in total. The molecule has 0 heterocycles. The van der Waals surface area contributed by atoms with E-state index < -0.39 is 65.1 Å². The molecule has 0 amide bonds. The van der Waals surface area contributed by atoms with Crippen LogP contribution in [0.15, 0.2) is 58.5 Å².